The number of nitrogens with zero attached hydrogens (tertiary/aromatic N) is 1. The van der Waals surface area contributed by atoms with E-state index >= 15 is 0 Å². The number of unbranched alkanes of at least 4 members (excludes halogenated alkanes) is 1. The molecular formula is C12H16F3NO. The molecule has 1 aromatic rings. The van der Waals surface area contributed by atoms with Crippen molar-refractivity contribution in [3.05, 3.63) is 24.3 Å². The van der Waals surface area contributed by atoms with Crippen molar-refractivity contribution in [3.8, 4) is 5.75 Å². The average Bonchev–Trinajstić information content (AvgIpc) is 2.24. The summed E-state index contributed by atoms with van der Waals surface area (Å²) < 4.78 is 39.6. The molecule has 0 N–H and O–H groups in total. The quantitative estimate of drug-likeness (QED) is 0.784. The Kier molecular flexibility index (Phi) is 4.66. The first-order valence-corrected chi connectivity index (χ1v) is 5.49. The molecule has 0 spiro atoms. The molecule has 0 aromatic heterocycles. The molecule has 5 heteroatoms. The topological polar surface area (TPSA) is 12.5 Å². The maximum atomic E-state index is 11.9. The van der Waals surface area contributed by atoms with Gasteiger partial charge >= 0.3 is 6.36 Å². The van der Waals surface area contributed by atoms with Crippen molar-refractivity contribution in [2.75, 3.05) is 18.5 Å². The van der Waals surface area contributed by atoms with E-state index in [0.717, 1.165) is 25.1 Å². The zero-order valence-electron chi connectivity index (χ0n) is 9.92. The lowest BCUT2D eigenvalue weighted by molar-refractivity contribution is -0.274. The Balaban J connectivity index is 2.61. The Hall–Kier alpha value is -1.39. The van der Waals surface area contributed by atoms with E-state index in [2.05, 4.69) is 11.7 Å². The molecule has 1 rings (SSSR count). The lowest BCUT2D eigenvalue weighted by atomic mass is 10.2. The zero-order chi connectivity index (χ0) is 12.9. The lowest BCUT2D eigenvalue weighted by Crippen LogP contribution is -2.19. The molecule has 0 saturated heterocycles. The van der Waals surface area contributed by atoms with E-state index in [9.17, 15) is 13.2 Å². The number of halogens is 3. The highest BCUT2D eigenvalue weighted by molar-refractivity contribution is 5.48. The second-order valence-electron chi connectivity index (χ2n) is 3.82. The van der Waals surface area contributed by atoms with Gasteiger partial charge in [-0.1, -0.05) is 13.3 Å². The highest BCUT2D eigenvalue weighted by Crippen LogP contribution is 2.24. The van der Waals surface area contributed by atoms with E-state index < -0.39 is 6.36 Å². The molecule has 0 atom stereocenters. The minimum atomic E-state index is -4.63. The Morgan fingerprint density at radius 1 is 1.18 bits per heavy atom. The second kappa shape index (κ2) is 5.80. The number of alkyl halides is 3. The Labute approximate surface area is 99.0 Å². The van der Waals surface area contributed by atoms with Crippen molar-refractivity contribution in [3.63, 3.8) is 0 Å². The summed E-state index contributed by atoms with van der Waals surface area (Å²) in [4.78, 5) is 2.00. The maximum absolute atomic E-state index is 11.9. The molecular weight excluding hydrogens is 231 g/mol. The predicted molar refractivity (Wildman–Crippen MR) is 61.3 cm³/mol. The van der Waals surface area contributed by atoms with Gasteiger partial charge in [0, 0.05) is 19.3 Å². The summed E-state index contributed by atoms with van der Waals surface area (Å²) in [6.07, 6.45) is -2.49. The van der Waals surface area contributed by atoms with Crippen LogP contribution in [0.1, 0.15) is 19.8 Å². The van der Waals surface area contributed by atoms with Crippen molar-refractivity contribution in [2.45, 2.75) is 26.1 Å². The van der Waals surface area contributed by atoms with E-state index in [-0.39, 0.29) is 5.75 Å². The van der Waals surface area contributed by atoms with E-state index in [0.29, 0.717) is 0 Å². The normalized spacial score (nSPS) is 11.4. The van der Waals surface area contributed by atoms with Crippen molar-refractivity contribution in [2.24, 2.45) is 0 Å². The minimum absolute atomic E-state index is 0.190. The number of anilines is 1. The van der Waals surface area contributed by atoms with Gasteiger partial charge in [0.15, 0.2) is 0 Å². The van der Waals surface area contributed by atoms with Gasteiger partial charge in [-0.2, -0.15) is 0 Å². The SMILES string of the molecule is CCCCN(C)c1ccc(OC(F)(F)F)cc1. The fourth-order valence-electron chi connectivity index (χ4n) is 1.43. The largest absolute Gasteiger partial charge is 0.573 e. The van der Waals surface area contributed by atoms with Gasteiger partial charge in [-0.05, 0) is 30.7 Å². The highest BCUT2D eigenvalue weighted by Gasteiger charge is 2.30. The van der Waals surface area contributed by atoms with Gasteiger partial charge in [0.05, 0.1) is 0 Å². The third kappa shape index (κ3) is 4.97. The molecule has 96 valence electrons. The lowest BCUT2D eigenvalue weighted by Gasteiger charge is -2.19. The second-order valence-corrected chi connectivity index (χ2v) is 3.82. The highest BCUT2D eigenvalue weighted by atomic mass is 19.4. The first-order chi connectivity index (χ1) is 7.92. The van der Waals surface area contributed by atoms with Crippen molar-refractivity contribution < 1.29 is 17.9 Å². The number of hydrogen-bond acceptors (Lipinski definition) is 2. The minimum Gasteiger partial charge on any atom is -0.406 e. The van der Waals surface area contributed by atoms with E-state index in [1.165, 1.54) is 12.1 Å². The number of ether oxygens (including phenoxy) is 1. The first kappa shape index (κ1) is 13.7. The fourth-order valence-corrected chi connectivity index (χ4v) is 1.43. The Bertz CT molecular complexity index is 335. The summed E-state index contributed by atoms with van der Waals surface area (Å²) in [6.45, 7) is 2.98. The summed E-state index contributed by atoms with van der Waals surface area (Å²) in [5.41, 5.74) is 0.882. The van der Waals surface area contributed by atoms with Gasteiger partial charge in [0.25, 0.3) is 0 Å². The predicted octanol–water partition coefficient (Wildman–Crippen LogP) is 3.82. The fraction of sp³-hybridized carbons (Fsp3) is 0.500. The molecule has 2 nitrogen and oxygen atoms in total. The molecule has 0 fully saturated rings. The molecule has 0 saturated carbocycles. The first-order valence-electron chi connectivity index (χ1n) is 5.49. The van der Waals surface area contributed by atoms with E-state index in [1.807, 2.05) is 11.9 Å². The van der Waals surface area contributed by atoms with Crippen molar-refractivity contribution in [1.82, 2.24) is 0 Å². The van der Waals surface area contributed by atoms with E-state index in [4.69, 9.17) is 0 Å². The molecule has 0 bridgehead atoms. The number of hydrogen-bond donors (Lipinski definition) is 0. The summed E-state index contributed by atoms with van der Waals surface area (Å²) in [5, 5.41) is 0. The van der Waals surface area contributed by atoms with Crippen molar-refractivity contribution >= 4 is 5.69 Å². The number of benzene rings is 1. The monoisotopic (exact) mass is 247 g/mol. The third-order valence-electron chi connectivity index (χ3n) is 2.36. The van der Waals surface area contributed by atoms with E-state index in [1.54, 1.807) is 12.1 Å². The standard InChI is InChI=1S/C12H16F3NO/c1-3-4-9-16(2)10-5-7-11(8-6-10)17-12(13,14)15/h5-8H,3-4,9H2,1-2H3. The van der Waals surface area contributed by atoms with Crippen LogP contribution in [0.2, 0.25) is 0 Å². The Morgan fingerprint density at radius 3 is 2.24 bits per heavy atom. The third-order valence-corrected chi connectivity index (χ3v) is 2.36. The molecule has 0 radical (unpaired) electrons. The molecule has 0 heterocycles. The van der Waals surface area contributed by atoms with Gasteiger partial charge in [-0.3, -0.25) is 0 Å². The van der Waals surface area contributed by atoms with Gasteiger partial charge < -0.3 is 9.64 Å². The summed E-state index contributed by atoms with van der Waals surface area (Å²) in [5.74, 6) is -0.190. The van der Waals surface area contributed by atoms with Crippen LogP contribution in [-0.2, 0) is 0 Å². The van der Waals surface area contributed by atoms with Crippen LogP contribution < -0.4 is 9.64 Å². The van der Waals surface area contributed by atoms with Crippen LogP contribution in [0.25, 0.3) is 0 Å². The summed E-state index contributed by atoms with van der Waals surface area (Å²) in [6, 6.07) is 5.89. The van der Waals surface area contributed by atoms with Gasteiger partial charge in [0.2, 0.25) is 0 Å². The van der Waals surface area contributed by atoms with Crippen LogP contribution in [-0.4, -0.2) is 20.0 Å². The average molecular weight is 247 g/mol. The smallest absolute Gasteiger partial charge is 0.406 e. The molecule has 0 amide bonds. The van der Waals surface area contributed by atoms with Gasteiger partial charge in [-0.25, -0.2) is 0 Å². The molecule has 17 heavy (non-hydrogen) atoms. The van der Waals surface area contributed by atoms with Crippen LogP contribution in [0.5, 0.6) is 5.75 Å². The molecule has 0 aliphatic carbocycles. The van der Waals surface area contributed by atoms with Crippen LogP contribution in [0.15, 0.2) is 24.3 Å². The molecule has 1 aromatic carbocycles. The van der Waals surface area contributed by atoms with Crippen LogP contribution >= 0.6 is 0 Å². The number of rotatable bonds is 5. The van der Waals surface area contributed by atoms with Crippen molar-refractivity contribution in [1.29, 1.82) is 0 Å². The summed E-state index contributed by atoms with van der Waals surface area (Å²) in [7, 11) is 1.91. The van der Waals surface area contributed by atoms with Gasteiger partial charge in [-0.15, -0.1) is 13.2 Å². The zero-order valence-corrected chi connectivity index (χ0v) is 9.92. The maximum Gasteiger partial charge on any atom is 0.573 e. The van der Waals surface area contributed by atoms with Crippen LogP contribution in [0, 0.1) is 0 Å². The summed E-state index contributed by atoms with van der Waals surface area (Å²) >= 11 is 0. The molecule has 0 aliphatic heterocycles. The Morgan fingerprint density at radius 2 is 1.76 bits per heavy atom. The molecule has 0 aliphatic rings. The van der Waals surface area contributed by atoms with Crippen LogP contribution in [0.4, 0.5) is 18.9 Å². The van der Waals surface area contributed by atoms with Gasteiger partial charge in [0.1, 0.15) is 5.75 Å². The molecule has 0 unspecified atom stereocenters. The van der Waals surface area contributed by atoms with Crippen LogP contribution in [0.3, 0.4) is 0 Å².